The van der Waals surface area contributed by atoms with Crippen LogP contribution < -0.4 is 37.6 Å². The van der Waals surface area contributed by atoms with Crippen LogP contribution >= 0.6 is 7.26 Å². The summed E-state index contributed by atoms with van der Waals surface area (Å²) in [6, 6.07) is 35.7. The topological polar surface area (TPSA) is 52.4 Å². The Morgan fingerprint density at radius 3 is 1.78 bits per heavy atom. The zero-order chi connectivity index (χ0) is 21.3. The van der Waals surface area contributed by atoms with Crippen molar-refractivity contribution < 1.29 is 26.6 Å². The predicted octanol–water partition coefficient (Wildman–Crippen LogP) is 2.28. The number of non-ortho nitro benzene ring substituents is 1. The van der Waals surface area contributed by atoms with Gasteiger partial charge in [0.05, 0.1) is 4.92 Å². The van der Waals surface area contributed by atoms with E-state index in [-0.39, 0.29) is 27.6 Å². The van der Waals surface area contributed by atoms with Crippen LogP contribution in [0.3, 0.4) is 0 Å². The van der Waals surface area contributed by atoms with Crippen LogP contribution in [0.25, 0.3) is 5.76 Å². The van der Waals surface area contributed by atoms with Crippen LogP contribution in [-0.4, -0.2) is 4.92 Å². The molecule has 0 aliphatic carbocycles. The van der Waals surface area contributed by atoms with Crippen LogP contribution in [-0.2, 0) is 0 Å². The van der Waals surface area contributed by atoms with Crippen LogP contribution in [0, 0.1) is 10.1 Å². The molecule has 1 aliphatic rings. The molecule has 0 bridgehead atoms. The zero-order valence-electron chi connectivity index (χ0n) is 17.0. The Hall–Kier alpha value is -3.27. The highest BCUT2D eigenvalue weighted by atomic mass is 79.9. The summed E-state index contributed by atoms with van der Waals surface area (Å²) in [6.07, 6.45) is 0. The van der Waals surface area contributed by atoms with Crippen LogP contribution in [0.15, 0.2) is 115 Å². The standard InChI is InChI=1S/C26H19NO3P.BrH/c28-27(29)21-17-15-20(16-18-21)25-19-31(22-9-3-1-4-10-22,23-11-5-2-6-12-23)26-14-8-7-13-24(26)30-25;/h1-19H;1H/q+1;/p-1. The minimum Gasteiger partial charge on any atom is -1.00 e. The minimum atomic E-state index is -2.16. The molecule has 6 heteroatoms. The first kappa shape index (κ1) is 21.9. The molecule has 0 saturated carbocycles. The van der Waals surface area contributed by atoms with Crippen LogP contribution in [0.1, 0.15) is 5.56 Å². The Labute approximate surface area is 197 Å². The number of fused-ring (bicyclic) bond motifs is 1. The molecular formula is C26H19BrNO3P. The number of rotatable bonds is 4. The number of nitrogens with zero attached hydrogens (tertiary/aromatic N) is 1. The number of hydrogen-bond donors (Lipinski definition) is 0. The maximum Gasteiger partial charge on any atom is 0.269 e. The summed E-state index contributed by atoms with van der Waals surface area (Å²) in [7, 11) is -2.16. The number of nitro groups is 1. The Morgan fingerprint density at radius 2 is 1.22 bits per heavy atom. The third-order valence-corrected chi connectivity index (χ3v) is 9.44. The van der Waals surface area contributed by atoms with Gasteiger partial charge in [-0.2, -0.15) is 0 Å². The number of benzene rings is 4. The van der Waals surface area contributed by atoms with Crippen molar-refractivity contribution in [1.82, 2.24) is 0 Å². The van der Waals surface area contributed by atoms with Gasteiger partial charge in [-0.1, -0.05) is 48.5 Å². The molecule has 4 nitrogen and oxygen atoms in total. The molecule has 0 saturated heterocycles. The minimum absolute atomic E-state index is 0. The first-order valence-electron chi connectivity index (χ1n) is 9.93. The van der Waals surface area contributed by atoms with E-state index in [1.165, 1.54) is 22.7 Å². The van der Waals surface area contributed by atoms with E-state index in [1.54, 1.807) is 12.1 Å². The molecule has 0 unspecified atom stereocenters. The highest BCUT2D eigenvalue weighted by molar-refractivity contribution is 7.98. The van der Waals surface area contributed by atoms with Gasteiger partial charge >= 0.3 is 0 Å². The molecule has 158 valence electrons. The van der Waals surface area contributed by atoms with Gasteiger partial charge in [-0.25, -0.2) is 0 Å². The molecule has 0 aromatic heterocycles. The summed E-state index contributed by atoms with van der Waals surface area (Å²) in [5, 5.41) is 14.7. The second kappa shape index (κ2) is 9.07. The van der Waals surface area contributed by atoms with E-state index in [9.17, 15) is 10.1 Å². The molecular weight excluding hydrogens is 485 g/mol. The quantitative estimate of drug-likeness (QED) is 0.244. The first-order valence-corrected chi connectivity index (χ1v) is 11.8. The average Bonchev–Trinajstić information content (AvgIpc) is 2.84. The Morgan fingerprint density at radius 1 is 0.688 bits per heavy atom. The third kappa shape index (κ3) is 3.75. The fourth-order valence-corrected chi connectivity index (χ4v) is 7.93. The fraction of sp³-hybridized carbons (Fsp3) is 0. The molecule has 1 aliphatic heterocycles. The third-order valence-electron chi connectivity index (χ3n) is 5.47. The van der Waals surface area contributed by atoms with Crippen molar-refractivity contribution in [2.24, 2.45) is 0 Å². The molecule has 0 spiro atoms. The van der Waals surface area contributed by atoms with Crippen LogP contribution in [0.2, 0.25) is 0 Å². The largest absolute Gasteiger partial charge is 1.00 e. The van der Waals surface area contributed by atoms with Gasteiger partial charge < -0.3 is 21.7 Å². The van der Waals surface area contributed by atoms with Gasteiger partial charge in [-0.3, -0.25) is 10.1 Å². The normalized spacial score (nSPS) is 13.7. The molecule has 5 rings (SSSR count). The molecule has 0 radical (unpaired) electrons. The van der Waals surface area contributed by atoms with Gasteiger partial charge in [0.25, 0.3) is 5.69 Å². The summed E-state index contributed by atoms with van der Waals surface area (Å²) in [5.41, 5.74) is 0.879. The lowest BCUT2D eigenvalue weighted by atomic mass is 10.2. The van der Waals surface area contributed by atoms with Gasteiger partial charge in [0, 0.05) is 17.7 Å². The fourth-order valence-electron chi connectivity index (χ4n) is 4.01. The molecule has 32 heavy (non-hydrogen) atoms. The second-order valence-electron chi connectivity index (χ2n) is 7.26. The van der Waals surface area contributed by atoms with Crippen molar-refractivity contribution in [3.05, 3.63) is 131 Å². The van der Waals surface area contributed by atoms with Gasteiger partial charge in [-0.05, 0) is 48.5 Å². The lowest BCUT2D eigenvalue weighted by Gasteiger charge is -2.30. The molecule has 4 aromatic rings. The second-order valence-corrected chi connectivity index (χ2v) is 10.5. The van der Waals surface area contributed by atoms with Crippen molar-refractivity contribution in [1.29, 1.82) is 0 Å². The van der Waals surface area contributed by atoms with Crippen molar-refractivity contribution >= 4 is 34.6 Å². The Kier molecular flexibility index (Phi) is 6.22. The van der Waals surface area contributed by atoms with E-state index in [4.69, 9.17) is 4.74 Å². The average molecular weight is 504 g/mol. The molecule has 0 atom stereocenters. The van der Waals surface area contributed by atoms with E-state index >= 15 is 0 Å². The van der Waals surface area contributed by atoms with Gasteiger partial charge in [-0.15, -0.1) is 0 Å². The zero-order valence-corrected chi connectivity index (χ0v) is 19.4. The number of para-hydroxylation sites is 1. The van der Waals surface area contributed by atoms with E-state index in [0.717, 1.165) is 22.4 Å². The van der Waals surface area contributed by atoms with Crippen molar-refractivity contribution in [2.75, 3.05) is 0 Å². The summed E-state index contributed by atoms with van der Waals surface area (Å²) < 4.78 is 6.34. The molecule has 0 amide bonds. The molecule has 0 fully saturated rings. The van der Waals surface area contributed by atoms with E-state index < -0.39 is 7.26 Å². The molecule has 4 aromatic carbocycles. The lowest BCUT2D eigenvalue weighted by Crippen LogP contribution is -3.00. The summed E-state index contributed by atoms with van der Waals surface area (Å²) in [6.45, 7) is 0. The summed E-state index contributed by atoms with van der Waals surface area (Å²) in [4.78, 5) is 10.7. The summed E-state index contributed by atoms with van der Waals surface area (Å²) in [5.74, 6) is 3.77. The number of halogens is 1. The van der Waals surface area contributed by atoms with Gasteiger partial charge in [0.15, 0.2) is 16.8 Å². The van der Waals surface area contributed by atoms with E-state index in [0.29, 0.717) is 0 Å². The van der Waals surface area contributed by atoms with Crippen LogP contribution in [0.4, 0.5) is 5.69 Å². The maximum atomic E-state index is 11.1. The highest BCUT2D eigenvalue weighted by Gasteiger charge is 2.49. The number of hydrogen-bond acceptors (Lipinski definition) is 3. The van der Waals surface area contributed by atoms with E-state index in [2.05, 4.69) is 60.4 Å². The molecule has 1 heterocycles. The molecule has 0 N–H and O–H groups in total. The van der Waals surface area contributed by atoms with Crippen molar-refractivity contribution in [3.8, 4) is 5.75 Å². The SMILES string of the molecule is O=[N+]([O-])c1ccc(C2=C[P+](c3ccccc3)(c3ccccc3)c3ccccc3O2)cc1.[Br-]. The Bertz CT molecular complexity index is 1240. The monoisotopic (exact) mass is 503 g/mol. The van der Waals surface area contributed by atoms with Crippen LogP contribution in [0.5, 0.6) is 5.75 Å². The number of nitro benzene ring substituents is 1. The van der Waals surface area contributed by atoms with Gasteiger partial charge in [0.2, 0.25) is 0 Å². The highest BCUT2D eigenvalue weighted by Crippen LogP contribution is 2.62. The first-order chi connectivity index (χ1) is 15.2. The van der Waals surface area contributed by atoms with Gasteiger partial charge in [0.1, 0.15) is 23.7 Å². The van der Waals surface area contributed by atoms with E-state index in [1.807, 2.05) is 30.3 Å². The van der Waals surface area contributed by atoms with Crippen molar-refractivity contribution in [2.45, 2.75) is 0 Å². The number of ether oxygens (including phenoxy) is 1. The summed E-state index contributed by atoms with van der Waals surface area (Å²) >= 11 is 0. The lowest BCUT2D eigenvalue weighted by molar-refractivity contribution is -0.384. The Balaban J connectivity index is 0.00000245. The maximum absolute atomic E-state index is 11.1. The smallest absolute Gasteiger partial charge is 0.269 e. The van der Waals surface area contributed by atoms with Crippen molar-refractivity contribution in [3.63, 3.8) is 0 Å². The predicted molar refractivity (Wildman–Crippen MR) is 127 cm³/mol.